The SMILES string of the molecule is c1ccc(-c2ccn(OB(On3ccc(-c4ccccn4)n3)On3ccc(-c4ccccn4)n3)n2)nc1. The first-order chi connectivity index (χ1) is 18.3. The van der Waals surface area contributed by atoms with Gasteiger partial charge in [0.2, 0.25) is 0 Å². The van der Waals surface area contributed by atoms with Crippen molar-refractivity contribution in [3.63, 3.8) is 0 Å². The van der Waals surface area contributed by atoms with Gasteiger partial charge in [0.05, 0.1) is 35.7 Å². The summed E-state index contributed by atoms with van der Waals surface area (Å²) in [5.74, 6) is 0. The van der Waals surface area contributed by atoms with Gasteiger partial charge in [-0.3, -0.25) is 15.0 Å². The summed E-state index contributed by atoms with van der Waals surface area (Å²) in [6.07, 6.45) is 9.94. The van der Waals surface area contributed by atoms with Crippen LogP contribution in [-0.2, 0) is 0 Å². The first kappa shape index (κ1) is 22.0. The van der Waals surface area contributed by atoms with Crippen molar-refractivity contribution in [3.8, 4) is 34.2 Å². The minimum absolute atomic E-state index is 0.618. The van der Waals surface area contributed by atoms with E-state index in [1.54, 1.807) is 55.4 Å². The molecule has 0 aliphatic heterocycles. The van der Waals surface area contributed by atoms with Gasteiger partial charge in [0.25, 0.3) is 0 Å². The molecule has 180 valence electrons. The molecule has 0 N–H and O–H groups in total. The van der Waals surface area contributed by atoms with Crippen molar-refractivity contribution in [2.45, 2.75) is 0 Å². The third-order valence-corrected chi connectivity index (χ3v) is 5.06. The van der Waals surface area contributed by atoms with E-state index in [4.69, 9.17) is 14.3 Å². The van der Waals surface area contributed by atoms with Crippen molar-refractivity contribution in [2.24, 2.45) is 0 Å². The van der Waals surface area contributed by atoms with Crippen molar-refractivity contribution >= 4 is 7.32 Å². The highest BCUT2D eigenvalue weighted by atomic mass is 16.9. The molecule has 6 heterocycles. The predicted octanol–water partition coefficient (Wildman–Crippen LogP) is 2.13. The van der Waals surface area contributed by atoms with Crippen LogP contribution in [-0.4, -0.2) is 52.1 Å². The molecule has 0 spiro atoms. The molecule has 0 radical (unpaired) electrons. The summed E-state index contributed by atoms with van der Waals surface area (Å²) in [4.78, 5) is 16.6. The molecular weight excluding hydrogens is 473 g/mol. The summed E-state index contributed by atoms with van der Waals surface area (Å²) in [5.41, 5.74) is 3.94. The van der Waals surface area contributed by atoms with Gasteiger partial charge >= 0.3 is 7.32 Å². The molecule has 0 bridgehead atoms. The second-order valence-corrected chi connectivity index (χ2v) is 7.56. The molecule has 6 aromatic heterocycles. The lowest BCUT2D eigenvalue weighted by Gasteiger charge is -2.14. The predicted molar refractivity (Wildman–Crippen MR) is 132 cm³/mol. The number of pyridine rings is 3. The normalized spacial score (nSPS) is 10.7. The van der Waals surface area contributed by atoms with Crippen LogP contribution in [0.4, 0.5) is 0 Å². The molecule has 13 heteroatoms. The molecule has 12 nitrogen and oxygen atoms in total. The number of hydrogen-bond donors (Lipinski definition) is 0. The van der Waals surface area contributed by atoms with Crippen LogP contribution in [0.3, 0.4) is 0 Å². The zero-order valence-electron chi connectivity index (χ0n) is 19.2. The largest absolute Gasteiger partial charge is 0.929 e. The van der Waals surface area contributed by atoms with Gasteiger partial charge in [0, 0.05) is 18.6 Å². The van der Waals surface area contributed by atoms with Crippen molar-refractivity contribution < 1.29 is 14.3 Å². The fraction of sp³-hybridized carbons (Fsp3) is 0. The molecule has 0 aliphatic rings. The van der Waals surface area contributed by atoms with E-state index in [1.807, 2.05) is 54.6 Å². The molecule has 0 amide bonds. The van der Waals surface area contributed by atoms with Gasteiger partial charge in [-0.15, -0.1) is 29.8 Å². The second-order valence-electron chi connectivity index (χ2n) is 7.56. The Hall–Kier alpha value is -5.46. The average Bonchev–Trinajstić information content (AvgIpc) is 3.72. The van der Waals surface area contributed by atoms with Crippen molar-refractivity contribution in [2.75, 3.05) is 0 Å². The summed E-state index contributed by atoms with van der Waals surface area (Å²) in [6, 6.07) is 22.0. The van der Waals surface area contributed by atoms with Gasteiger partial charge in [-0.1, -0.05) is 18.2 Å². The number of aromatic nitrogens is 9. The highest BCUT2D eigenvalue weighted by Gasteiger charge is 2.35. The number of nitrogens with zero attached hydrogens (tertiary/aromatic N) is 9. The number of rotatable bonds is 9. The standard InChI is InChI=1S/C24H18BN9O3/c1-4-13-26-19(7-1)22-10-16-32(29-22)35-25(36-33-17-11-23(30-33)20-8-2-5-14-27-20)37-34-18-12-24(31-34)21-9-3-6-15-28-21/h1-18H. The van der Waals surface area contributed by atoms with Crippen LogP contribution < -0.4 is 14.3 Å². The molecule has 0 saturated heterocycles. The van der Waals surface area contributed by atoms with E-state index < -0.39 is 7.32 Å². The Kier molecular flexibility index (Phi) is 5.98. The van der Waals surface area contributed by atoms with Crippen LogP contribution >= 0.6 is 0 Å². The maximum atomic E-state index is 5.83. The third-order valence-electron chi connectivity index (χ3n) is 5.06. The van der Waals surface area contributed by atoms with Gasteiger partial charge in [0.15, 0.2) is 0 Å². The molecular formula is C24H18BN9O3. The topological polar surface area (TPSA) is 120 Å². The van der Waals surface area contributed by atoms with E-state index in [2.05, 4.69) is 30.2 Å². The molecule has 0 unspecified atom stereocenters. The molecule has 6 rings (SSSR count). The third kappa shape index (κ3) is 5.15. The highest BCUT2D eigenvalue weighted by molar-refractivity contribution is 6.37. The van der Waals surface area contributed by atoms with Gasteiger partial charge < -0.3 is 14.3 Å². The summed E-state index contributed by atoms with van der Waals surface area (Å²) >= 11 is 0. The molecule has 0 fully saturated rings. The lowest BCUT2D eigenvalue weighted by Crippen LogP contribution is -2.49. The average molecular weight is 491 g/mol. The van der Waals surface area contributed by atoms with E-state index in [0.29, 0.717) is 34.2 Å². The maximum absolute atomic E-state index is 5.83. The zero-order chi connectivity index (χ0) is 24.9. The molecule has 0 aromatic carbocycles. The lowest BCUT2D eigenvalue weighted by atomic mass is 10.3. The minimum Gasteiger partial charge on any atom is -0.380 e. The van der Waals surface area contributed by atoms with E-state index in [9.17, 15) is 0 Å². The van der Waals surface area contributed by atoms with Crippen LogP contribution in [0, 0.1) is 0 Å². The Balaban J connectivity index is 1.24. The van der Waals surface area contributed by atoms with Crippen molar-refractivity contribution in [1.29, 1.82) is 0 Å². The van der Waals surface area contributed by atoms with Gasteiger partial charge in [0.1, 0.15) is 17.1 Å². The van der Waals surface area contributed by atoms with Crippen LogP contribution in [0.1, 0.15) is 0 Å². The molecule has 0 aliphatic carbocycles. The Morgan fingerprint density at radius 3 is 1.08 bits per heavy atom. The Bertz CT molecular complexity index is 1380. The Labute approximate surface area is 210 Å². The van der Waals surface area contributed by atoms with Crippen LogP contribution in [0.15, 0.2) is 110 Å². The molecule has 6 aromatic rings. The lowest BCUT2D eigenvalue weighted by molar-refractivity contribution is 0.0406. The van der Waals surface area contributed by atoms with Gasteiger partial charge in [-0.25, -0.2) is 0 Å². The van der Waals surface area contributed by atoms with Gasteiger partial charge in [-0.05, 0) is 54.6 Å². The van der Waals surface area contributed by atoms with Crippen molar-refractivity contribution in [3.05, 3.63) is 110 Å². The monoisotopic (exact) mass is 491 g/mol. The second kappa shape index (κ2) is 10.0. The van der Waals surface area contributed by atoms with E-state index in [0.717, 1.165) is 0 Å². The van der Waals surface area contributed by atoms with E-state index in [-0.39, 0.29) is 0 Å². The highest BCUT2D eigenvalue weighted by Crippen LogP contribution is 2.14. The van der Waals surface area contributed by atoms with E-state index >= 15 is 0 Å². The summed E-state index contributed by atoms with van der Waals surface area (Å²) < 4.78 is 17.5. The summed E-state index contributed by atoms with van der Waals surface area (Å²) in [5, 5.41) is 13.2. The first-order valence-electron chi connectivity index (χ1n) is 11.2. The zero-order valence-corrected chi connectivity index (χ0v) is 19.2. The van der Waals surface area contributed by atoms with Crippen molar-refractivity contribution in [1.82, 2.24) is 44.8 Å². The van der Waals surface area contributed by atoms with Crippen LogP contribution in [0.5, 0.6) is 0 Å². The molecule has 37 heavy (non-hydrogen) atoms. The van der Waals surface area contributed by atoms with Crippen LogP contribution in [0.2, 0.25) is 0 Å². The van der Waals surface area contributed by atoms with E-state index in [1.165, 1.54) is 14.5 Å². The fourth-order valence-electron chi connectivity index (χ4n) is 3.37. The maximum Gasteiger partial charge on any atom is 0.929 e. The molecule has 0 atom stereocenters. The fourth-order valence-corrected chi connectivity index (χ4v) is 3.37. The molecule has 0 saturated carbocycles. The summed E-state index contributed by atoms with van der Waals surface area (Å²) in [7, 11) is -1.33. The summed E-state index contributed by atoms with van der Waals surface area (Å²) in [6.45, 7) is 0. The quantitative estimate of drug-likeness (QED) is 0.280. The Morgan fingerprint density at radius 2 is 0.784 bits per heavy atom. The minimum atomic E-state index is -1.33. The van der Waals surface area contributed by atoms with Crippen LogP contribution in [0.25, 0.3) is 34.2 Å². The van der Waals surface area contributed by atoms with Gasteiger partial charge in [-0.2, -0.15) is 0 Å². The Morgan fingerprint density at radius 1 is 0.432 bits per heavy atom. The first-order valence-corrected chi connectivity index (χ1v) is 11.2. The number of hydrogen-bond acceptors (Lipinski definition) is 9. The smallest absolute Gasteiger partial charge is 0.380 e.